The van der Waals surface area contributed by atoms with Crippen molar-refractivity contribution in [2.75, 3.05) is 0 Å². The summed E-state index contributed by atoms with van der Waals surface area (Å²) in [4.78, 5) is 25.2. The van der Waals surface area contributed by atoms with E-state index in [2.05, 4.69) is 24.5 Å². The largest absolute Gasteiger partial charge is 0.347 e. The first-order valence-corrected chi connectivity index (χ1v) is 9.62. The van der Waals surface area contributed by atoms with E-state index in [1.807, 2.05) is 75.4 Å². The number of hydrogen-bond donors (Lipinski definition) is 2. The molecule has 0 bridgehead atoms. The second kappa shape index (κ2) is 9.36. The van der Waals surface area contributed by atoms with Crippen LogP contribution in [-0.4, -0.2) is 11.8 Å². The molecule has 0 aliphatic heterocycles. The van der Waals surface area contributed by atoms with Crippen molar-refractivity contribution in [3.63, 3.8) is 0 Å². The number of carbonyl (C=O) groups is 2. The van der Waals surface area contributed by atoms with Crippen molar-refractivity contribution in [1.82, 2.24) is 10.6 Å². The van der Waals surface area contributed by atoms with E-state index in [1.165, 1.54) is 5.56 Å². The van der Waals surface area contributed by atoms with Gasteiger partial charge in [-0.25, -0.2) is 0 Å². The number of nitrogens with one attached hydrogen (secondary N) is 2. The molecule has 0 atom stereocenters. The lowest BCUT2D eigenvalue weighted by molar-refractivity contribution is -0.129. The number of hydrogen-bond acceptors (Lipinski definition) is 2. The predicted octanol–water partition coefficient (Wildman–Crippen LogP) is 4.63. The molecule has 0 saturated carbocycles. The third kappa shape index (κ3) is 6.38. The second-order valence-electron chi connectivity index (χ2n) is 8.25. The van der Waals surface area contributed by atoms with Gasteiger partial charge in [-0.2, -0.15) is 0 Å². The molecule has 0 aliphatic rings. The van der Waals surface area contributed by atoms with E-state index >= 15 is 0 Å². The fourth-order valence-electron chi connectivity index (χ4n) is 2.49. The molecular weight excluding hydrogens is 348 g/mol. The van der Waals surface area contributed by atoms with Crippen molar-refractivity contribution in [1.29, 1.82) is 0 Å². The first kappa shape index (κ1) is 21.4. The third-order valence-electron chi connectivity index (χ3n) is 4.38. The highest BCUT2D eigenvalue weighted by Crippen LogP contribution is 2.17. The molecule has 0 fully saturated rings. The molecule has 0 aromatic heterocycles. The summed E-state index contributed by atoms with van der Waals surface area (Å²) in [5.41, 5.74) is 2.74. The Morgan fingerprint density at radius 3 is 2.11 bits per heavy atom. The molecule has 4 heteroatoms. The van der Waals surface area contributed by atoms with Gasteiger partial charge in [0.15, 0.2) is 0 Å². The number of amides is 2. The van der Waals surface area contributed by atoms with Crippen molar-refractivity contribution < 1.29 is 9.59 Å². The Balaban J connectivity index is 2.22. The molecular formula is C24H30N2O2. The van der Waals surface area contributed by atoms with E-state index in [4.69, 9.17) is 0 Å². The Morgan fingerprint density at radius 2 is 1.57 bits per heavy atom. The molecule has 0 heterocycles. The van der Waals surface area contributed by atoms with Crippen molar-refractivity contribution >= 4 is 17.9 Å². The van der Waals surface area contributed by atoms with Crippen LogP contribution in [0.2, 0.25) is 0 Å². The fraction of sp³-hybridized carbons (Fsp3) is 0.333. The molecule has 4 nitrogen and oxygen atoms in total. The minimum Gasteiger partial charge on any atom is -0.347 e. The highest BCUT2D eigenvalue weighted by Gasteiger charge is 2.24. The van der Waals surface area contributed by atoms with Crippen LogP contribution in [0.25, 0.3) is 6.08 Å². The summed E-state index contributed by atoms with van der Waals surface area (Å²) < 4.78 is 0. The molecule has 148 valence electrons. The van der Waals surface area contributed by atoms with Gasteiger partial charge < -0.3 is 10.6 Å². The Bertz CT molecular complexity index is 829. The monoisotopic (exact) mass is 378 g/mol. The summed E-state index contributed by atoms with van der Waals surface area (Å²) in [5, 5.41) is 5.67. The standard InChI is InChI=1S/C24H30N2O2/c1-17(2)20-13-11-18(12-14-20)15-21(26-23(28)24(3,4)5)22(27)25-16-19-9-7-6-8-10-19/h6-15,17H,16H2,1-5H3,(H,25,27)(H,26,28)/b21-15-. The quantitative estimate of drug-likeness (QED) is 0.720. The molecule has 0 radical (unpaired) electrons. The summed E-state index contributed by atoms with van der Waals surface area (Å²) in [7, 11) is 0. The third-order valence-corrected chi connectivity index (χ3v) is 4.38. The van der Waals surface area contributed by atoms with Crippen LogP contribution in [0.3, 0.4) is 0 Å². The van der Waals surface area contributed by atoms with E-state index in [9.17, 15) is 9.59 Å². The topological polar surface area (TPSA) is 58.2 Å². The Morgan fingerprint density at radius 1 is 0.964 bits per heavy atom. The minimum absolute atomic E-state index is 0.201. The summed E-state index contributed by atoms with van der Waals surface area (Å²) in [6, 6.07) is 17.7. The van der Waals surface area contributed by atoms with Gasteiger partial charge in [0.05, 0.1) is 0 Å². The molecule has 28 heavy (non-hydrogen) atoms. The lowest BCUT2D eigenvalue weighted by Crippen LogP contribution is -2.39. The van der Waals surface area contributed by atoms with E-state index in [1.54, 1.807) is 6.08 Å². The maximum atomic E-state index is 12.8. The van der Waals surface area contributed by atoms with Gasteiger partial charge in [-0.3, -0.25) is 9.59 Å². The smallest absolute Gasteiger partial charge is 0.268 e. The van der Waals surface area contributed by atoms with E-state index in [0.717, 1.165) is 11.1 Å². The molecule has 2 rings (SSSR count). The fourth-order valence-corrected chi connectivity index (χ4v) is 2.49. The van der Waals surface area contributed by atoms with Crippen molar-refractivity contribution in [3.05, 3.63) is 77.0 Å². The lowest BCUT2D eigenvalue weighted by Gasteiger charge is -2.19. The van der Waals surface area contributed by atoms with Gasteiger partial charge in [-0.1, -0.05) is 89.2 Å². The molecule has 0 saturated heterocycles. The van der Waals surface area contributed by atoms with Crippen LogP contribution >= 0.6 is 0 Å². The molecule has 0 aliphatic carbocycles. The molecule has 2 N–H and O–H groups in total. The molecule has 0 unspecified atom stereocenters. The average Bonchev–Trinajstić information content (AvgIpc) is 2.66. The van der Waals surface area contributed by atoms with Crippen LogP contribution < -0.4 is 10.6 Å². The van der Waals surface area contributed by atoms with Crippen LogP contribution in [0, 0.1) is 5.41 Å². The summed E-state index contributed by atoms with van der Waals surface area (Å²) in [5.74, 6) is -0.0749. The maximum Gasteiger partial charge on any atom is 0.268 e. The molecule has 2 amide bonds. The Kier molecular flexibility index (Phi) is 7.16. The van der Waals surface area contributed by atoms with Gasteiger partial charge in [0, 0.05) is 12.0 Å². The number of benzene rings is 2. The van der Waals surface area contributed by atoms with E-state index in [-0.39, 0.29) is 17.5 Å². The zero-order valence-electron chi connectivity index (χ0n) is 17.4. The molecule has 2 aromatic carbocycles. The van der Waals surface area contributed by atoms with Gasteiger partial charge >= 0.3 is 0 Å². The van der Waals surface area contributed by atoms with Gasteiger partial charge in [0.1, 0.15) is 5.70 Å². The Labute approximate surface area is 168 Å². The number of rotatable bonds is 6. The van der Waals surface area contributed by atoms with Gasteiger partial charge in [0.2, 0.25) is 5.91 Å². The maximum absolute atomic E-state index is 12.8. The van der Waals surface area contributed by atoms with Crippen LogP contribution in [0.5, 0.6) is 0 Å². The van der Waals surface area contributed by atoms with Crippen LogP contribution in [0.1, 0.15) is 57.2 Å². The van der Waals surface area contributed by atoms with Crippen molar-refractivity contribution in [3.8, 4) is 0 Å². The summed E-state index contributed by atoms with van der Waals surface area (Å²) in [6.45, 7) is 10.1. The predicted molar refractivity (Wildman–Crippen MR) is 114 cm³/mol. The van der Waals surface area contributed by atoms with Crippen molar-refractivity contribution in [2.45, 2.75) is 47.1 Å². The van der Waals surface area contributed by atoms with Crippen molar-refractivity contribution in [2.24, 2.45) is 5.41 Å². The molecule has 0 spiro atoms. The van der Waals surface area contributed by atoms with E-state index < -0.39 is 5.41 Å². The number of carbonyl (C=O) groups excluding carboxylic acids is 2. The highest BCUT2D eigenvalue weighted by atomic mass is 16.2. The lowest BCUT2D eigenvalue weighted by atomic mass is 9.95. The van der Waals surface area contributed by atoms with Crippen LogP contribution in [0.4, 0.5) is 0 Å². The first-order valence-electron chi connectivity index (χ1n) is 9.62. The van der Waals surface area contributed by atoms with Crippen LogP contribution in [-0.2, 0) is 16.1 Å². The normalized spacial score (nSPS) is 12.0. The summed E-state index contributed by atoms with van der Waals surface area (Å²) in [6.07, 6.45) is 1.72. The van der Waals surface area contributed by atoms with Gasteiger partial charge in [-0.15, -0.1) is 0 Å². The molecule has 2 aromatic rings. The minimum atomic E-state index is -0.597. The Hall–Kier alpha value is -2.88. The average molecular weight is 379 g/mol. The van der Waals surface area contributed by atoms with Gasteiger partial charge in [0.25, 0.3) is 5.91 Å². The zero-order chi connectivity index (χ0) is 20.7. The van der Waals surface area contributed by atoms with Crippen LogP contribution in [0.15, 0.2) is 60.3 Å². The SMILES string of the molecule is CC(C)c1ccc(/C=C(\NC(=O)C(C)(C)C)C(=O)NCc2ccccc2)cc1. The first-order chi connectivity index (χ1) is 13.2. The van der Waals surface area contributed by atoms with E-state index in [0.29, 0.717) is 12.5 Å². The van der Waals surface area contributed by atoms with Gasteiger partial charge in [-0.05, 0) is 28.7 Å². The second-order valence-corrected chi connectivity index (χ2v) is 8.25. The zero-order valence-corrected chi connectivity index (χ0v) is 17.4. The highest BCUT2D eigenvalue weighted by molar-refractivity contribution is 6.01. The summed E-state index contributed by atoms with van der Waals surface area (Å²) >= 11 is 0.